The van der Waals surface area contributed by atoms with Gasteiger partial charge in [-0.1, -0.05) is 0 Å². The quantitative estimate of drug-likeness (QED) is 0.807. The second kappa shape index (κ2) is 4.59. The fourth-order valence-electron chi connectivity index (χ4n) is 1.09. The number of anilines is 1. The first-order valence-corrected chi connectivity index (χ1v) is 6.10. The molecule has 0 bridgehead atoms. The van der Waals surface area contributed by atoms with Crippen molar-refractivity contribution in [3.8, 4) is 0 Å². The molecule has 1 rings (SSSR count). The molecule has 0 heterocycles. The van der Waals surface area contributed by atoms with E-state index in [1.54, 1.807) is 19.1 Å². The van der Waals surface area contributed by atoms with Crippen molar-refractivity contribution in [2.75, 3.05) is 17.6 Å². The van der Waals surface area contributed by atoms with E-state index in [1.807, 2.05) is 0 Å². The van der Waals surface area contributed by atoms with Crippen LogP contribution in [0.5, 0.6) is 0 Å². The molecular formula is C9H13FN2O2S. The third kappa shape index (κ3) is 4.26. The summed E-state index contributed by atoms with van der Waals surface area (Å²) in [5.74, 6) is -0.435. The maximum Gasteiger partial charge on any atom is 0.210 e. The zero-order valence-electron chi connectivity index (χ0n) is 8.33. The van der Waals surface area contributed by atoms with E-state index >= 15 is 0 Å². The Bertz CT molecular complexity index is 445. The van der Waals surface area contributed by atoms with Gasteiger partial charge in [0.2, 0.25) is 10.0 Å². The Kier molecular flexibility index (Phi) is 3.65. The molecule has 15 heavy (non-hydrogen) atoms. The summed E-state index contributed by atoms with van der Waals surface area (Å²) in [6, 6.07) is 4.48. The van der Waals surface area contributed by atoms with Gasteiger partial charge in [-0.25, -0.2) is 17.9 Å². The molecule has 0 unspecified atom stereocenters. The lowest BCUT2D eigenvalue weighted by atomic mass is 10.2. The number of rotatable bonds is 4. The van der Waals surface area contributed by atoms with Crippen LogP contribution in [-0.2, 0) is 10.0 Å². The maximum absolute atomic E-state index is 12.9. The Morgan fingerprint density at radius 1 is 1.47 bits per heavy atom. The SMILES string of the molecule is Cc1cc(NCCS(N)(=O)=O)ccc1F. The minimum atomic E-state index is -3.45. The Labute approximate surface area is 88.3 Å². The number of sulfonamides is 1. The van der Waals surface area contributed by atoms with Gasteiger partial charge in [0, 0.05) is 12.2 Å². The Balaban J connectivity index is 2.55. The molecule has 0 atom stereocenters. The summed E-state index contributed by atoms with van der Waals surface area (Å²) in [6.45, 7) is 1.85. The van der Waals surface area contributed by atoms with E-state index in [4.69, 9.17) is 5.14 Å². The van der Waals surface area contributed by atoms with Crippen LogP contribution in [-0.4, -0.2) is 20.7 Å². The molecule has 0 amide bonds. The van der Waals surface area contributed by atoms with Gasteiger partial charge in [0.1, 0.15) is 5.82 Å². The predicted molar refractivity (Wildman–Crippen MR) is 57.6 cm³/mol. The third-order valence-electron chi connectivity index (χ3n) is 1.87. The zero-order valence-corrected chi connectivity index (χ0v) is 9.14. The van der Waals surface area contributed by atoms with Crippen LogP contribution in [0.4, 0.5) is 10.1 Å². The molecule has 0 aliphatic carbocycles. The summed E-state index contributed by atoms with van der Waals surface area (Å²) in [5, 5.41) is 7.67. The highest BCUT2D eigenvalue weighted by Crippen LogP contribution is 2.13. The van der Waals surface area contributed by atoms with Gasteiger partial charge in [0.05, 0.1) is 5.75 Å². The van der Waals surface area contributed by atoms with Crippen LogP contribution in [0, 0.1) is 12.7 Å². The summed E-state index contributed by atoms with van der Waals surface area (Å²) in [6.07, 6.45) is 0. The number of hydrogen-bond donors (Lipinski definition) is 2. The first-order chi connectivity index (χ1) is 6.88. The molecule has 0 aliphatic rings. The summed E-state index contributed by atoms with van der Waals surface area (Å²) in [5.41, 5.74) is 1.19. The topological polar surface area (TPSA) is 72.2 Å². The molecule has 0 aliphatic heterocycles. The highest BCUT2D eigenvalue weighted by molar-refractivity contribution is 7.89. The van der Waals surface area contributed by atoms with Gasteiger partial charge >= 0.3 is 0 Å². The summed E-state index contributed by atoms with van der Waals surface area (Å²) >= 11 is 0. The molecule has 84 valence electrons. The monoisotopic (exact) mass is 232 g/mol. The van der Waals surface area contributed by atoms with Crippen LogP contribution in [0.2, 0.25) is 0 Å². The maximum atomic E-state index is 12.9. The van der Waals surface area contributed by atoms with E-state index in [0.29, 0.717) is 11.3 Å². The van der Waals surface area contributed by atoms with Crippen molar-refractivity contribution >= 4 is 15.7 Å². The number of nitrogens with one attached hydrogen (secondary N) is 1. The van der Waals surface area contributed by atoms with Crippen LogP contribution in [0.25, 0.3) is 0 Å². The molecule has 0 spiro atoms. The molecule has 0 radical (unpaired) electrons. The molecule has 6 heteroatoms. The van der Waals surface area contributed by atoms with Gasteiger partial charge < -0.3 is 5.32 Å². The van der Waals surface area contributed by atoms with Crippen molar-refractivity contribution in [2.24, 2.45) is 5.14 Å². The number of halogens is 1. The minimum absolute atomic E-state index is 0.149. The number of primary sulfonamides is 1. The second-order valence-corrected chi connectivity index (χ2v) is 4.99. The Morgan fingerprint density at radius 2 is 2.13 bits per heavy atom. The van der Waals surface area contributed by atoms with Gasteiger partial charge in [0.25, 0.3) is 0 Å². The van der Waals surface area contributed by atoms with Gasteiger partial charge in [-0.3, -0.25) is 0 Å². The molecule has 0 saturated carbocycles. The fraction of sp³-hybridized carbons (Fsp3) is 0.333. The minimum Gasteiger partial charge on any atom is -0.384 e. The molecule has 0 saturated heterocycles. The fourth-order valence-corrected chi connectivity index (χ4v) is 1.48. The predicted octanol–water partition coefficient (Wildman–Crippen LogP) is 0.835. The normalized spacial score (nSPS) is 11.4. The highest BCUT2D eigenvalue weighted by atomic mass is 32.2. The molecule has 3 N–H and O–H groups in total. The Morgan fingerprint density at radius 3 is 2.67 bits per heavy atom. The van der Waals surface area contributed by atoms with Crippen molar-refractivity contribution in [2.45, 2.75) is 6.92 Å². The molecule has 4 nitrogen and oxygen atoms in total. The first-order valence-electron chi connectivity index (χ1n) is 4.39. The summed E-state index contributed by atoms with van der Waals surface area (Å²) in [4.78, 5) is 0. The molecular weight excluding hydrogens is 219 g/mol. The van der Waals surface area contributed by atoms with E-state index in [-0.39, 0.29) is 18.1 Å². The number of benzene rings is 1. The zero-order chi connectivity index (χ0) is 11.5. The van der Waals surface area contributed by atoms with Crippen LogP contribution in [0.15, 0.2) is 18.2 Å². The van der Waals surface area contributed by atoms with Crippen LogP contribution >= 0.6 is 0 Å². The number of nitrogens with two attached hydrogens (primary N) is 1. The van der Waals surface area contributed by atoms with Crippen molar-refractivity contribution in [3.63, 3.8) is 0 Å². The van der Waals surface area contributed by atoms with Gasteiger partial charge in [-0.2, -0.15) is 0 Å². The third-order valence-corrected chi connectivity index (χ3v) is 2.65. The van der Waals surface area contributed by atoms with Gasteiger partial charge in [0.15, 0.2) is 0 Å². The van der Waals surface area contributed by atoms with Crippen molar-refractivity contribution in [1.82, 2.24) is 0 Å². The largest absolute Gasteiger partial charge is 0.384 e. The lowest BCUT2D eigenvalue weighted by molar-refractivity contribution is 0.598. The smallest absolute Gasteiger partial charge is 0.210 e. The van der Waals surface area contributed by atoms with Crippen LogP contribution in [0.1, 0.15) is 5.56 Å². The van der Waals surface area contributed by atoms with Crippen molar-refractivity contribution < 1.29 is 12.8 Å². The van der Waals surface area contributed by atoms with Crippen molar-refractivity contribution in [1.29, 1.82) is 0 Å². The van der Waals surface area contributed by atoms with E-state index < -0.39 is 10.0 Å². The molecule has 0 fully saturated rings. The first kappa shape index (κ1) is 11.9. The molecule has 1 aromatic rings. The summed E-state index contributed by atoms with van der Waals surface area (Å²) in [7, 11) is -3.45. The van der Waals surface area contributed by atoms with Gasteiger partial charge in [-0.05, 0) is 30.7 Å². The summed E-state index contributed by atoms with van der Waals surface area (Å²) < 4.78 is 34.1. The lowest BCUT2D eigenvalue weighted by Crippen LogP contribution is -2.22. The number of aryl methyl sites for hydroxylation is 1. The number of hydrogen-bond acceptors (Lipinski definition) is 3. The molecule has 1 aromatic carbocycles. The van der Waals surface area contributed by atoms with E-state index in [1.165, 1.54) is 6.07 Å². The Hall–Kier alpha value is -1.14. The van der Waals surface area contributed by atoms with E-state index in [0.717, 1.165) is 0 Å². The van der Waals surface area contributed by atoms with Crippen molar-refractivity contribution in [3.05, 3.63) is 29.6 Å². The van der Waals surface area contributed by atoms with Crippen LogP contribution < -0.4 is 10.5 Å². The average Bonchev–Trinajstić information content (AvgIpc) is 2.09. The lowest BCUT2D eigenvalue weighted by Gasteiger charge is -2.06. The van der Waals surface area contributed by atoms with Crippen LogP contribution in [0.3, 0.4) is 0 Å². The van der Waals surface area contributed by atoms with E-state index in [9.17, 15) is 12.8 Å². The molecule has 0 aromatic heterocycles. The second-order valence-electron chi connectivity index (χ2n) is 3.26. The van der Waals surface area contributed by atoms with E-state index in [2.05, 4.69) is 5.32 Å². The van der Waals surface area contributed by atoms with Gasteiger partial charge in [-0.15, -0.1) is 0 Å². The highest BCUT2D eigenvalue weighted by Gasteiger charge is 2.02. The average molecular weight is 232 g/mol. The standard InChI is InChI=1S/C9H13FN2O2S/c1-7-6-8(2-3-9(7)10)12-4-5-15(11,13)14/h2-3,6,12H,4-5H2,1H3,(H2,11,13,14).